The van der Waals surface area contributed by atoms with Gasteiger partial charge in [-0.1, -0.05) is 44.2 Å². The number of hydrogen-bond acceptors (Lipinski definition) is 5. The van der Waals surface area contributed by atoms with E-state index < -0.39 is 11.5 Å². The molecule has 3 N–H and O–H groups in total. The molecule has 0 saturated heterocycles. The predicted octanol–water partition coefficient (Wildman–Crippen LogP) is 3.57. The molecular formula is C24H32N2O3S. The van der Waals surface area contributed by atoms with E-state index in [1.807, 2.05) is 44.2 Å². The first-order valence-corrected chi connectivity index (χ1v) is 11.7. The van der Waals surface area contributed by atoms with Crippen molar-refractivity contribution in [3.05, 3.63) is 51.5 Å². The molecule has 0 spiro atoms. The smallest absolute Gasteiger partial charge is 0.220 e. The second-order valence-electron chi connectivity index (χ2n) is 9.54. The zero-order valence-electron chi connectivity index (χ0n) is 18.0. The molecule has 1 heterocycles. The van der Waals surface area contributed by atoms with E-state index in [1.165, 1.54) is 4.88 Å². The molecule has 5 nitrogen and oxygen atoms in total. The molecule has 0 bridgehead atoms. The lowest BCUT2D eigenvalue weighted by atomic mass is 9.47. The molecule has 2 aromatic rings. The maximum atomic E-state index is 13.0. The molecule has 5 atom stereocenters. The van der Waals surface area contributed by atoms with Crippen LogP contribution in [0.3, 0.4) is 0 Å². The highest BCUT2D eigenvalue weighted by Crippen LogP contribution is 2.62. The number of aromatic nitrogens is 1. The lowest BCUT2D eigenvalue weighted by Crippen LogP contribution is -2.57. The van der Waals surface area contributed by atoms with E-state index in [0.717, 1.165) is 29.1 Å². The summed E-state index contributed by atoms with van der Waals surface area (Å²) in [5.41, 5.74) is 1.38. The van der Waals surface area contributed by atoms with Gasteiger partial charge in [0, 0.05) is 29.2 Å². The SMILES string of the molecule is Cc1nc2c(s1)C[C@H]1[C@](C)(CO)[C@H](O)CC[C@@]1(C)[C@@H]2CC(=O)NCc1ccccc1. The molecule has 0 unspecified atom stereocenters. The number of aliphatic hydroxyl groups excluding tert-OH is 2. The molecule has 162 valence electrons. The Balaban J connectivity index is 1.62. The molecule has 0 radical (unpaired) electrons. The van der Waals surface area contributed by atoms with Crippen LogP contribution in [0.5, 0.6) is 0 Å². The molecule has 1 fully saturated rings. The van der Waals surface area contributed by atoms with Crippen LogP contribution in [0.2, 0.25) is 0 Å². The van der Waals surface area contributed by atoms with Gasteiger partial charge >= 0.3 is 0 Å². The number of nitrogens with zero attached hydrogens (tertiary/aromatic N) is 1. The minimum atomic E-state index is -0.568. The first-order valence-electron chi connectivity index (χ1n) is 10.8. The monoisotopic (exact) mass is 428 g/mol. The minimum Gasteiger partial charge on any atom is -0.396 e. The van der Waals surface area contributed by atoms with Gasteiger partial charge in [-0.25, -0.2) is 4.98 Å². The summed E-state index contributed by atoms with van der Waals surface area (Å²) >= 11 is 1.69. The van der Waals surface area contributed by atoms with Gasteiger partial charge in [0.15, 0.2) is 0 Å². The number of thiazole rings is 1. The molecule has 1 aromatic heterocycles. The molecular weight excluding hydrogens is 396 g/mol. The van der Waals surface area contributed by atoms with Crippen molar-refractivity contribution in [2.45, 2.75) is 65.0 Å². The van der Waals surface area contributed by atoms with Gasteiger partial charge in [-0.3, -0.25) is 4.79 Å². The van der Waals surface area contributed by atoms with Crippen molar-refractivity contribution in [2.75, 3.05) is 6.61 Å². The highest BCUT2D eigenvalue weighted by atomic mass is 32.1. The van der Waals surface area contributed by atoms with E-state index in [4.69, 9.17) is 4.98 Å². The van der Waals surface area contributed by atoms with Crippen molar-refractivity contribution in [1.29, 1.82) is 0 Å². The van der Waals surface area contributed by atoms with E-state index >= 15 is 0 Å². The van der Waals surface area contributed by atoms with Gasteiger partial charge in [-0.2, -0.15) is 0 Å². The fourth-order valence-electron chi connectivity index (χ4n) is 5.82. The fourth-order valence-corrected chi connectivity index (χ4v) is 6.86. The lowest BCUT2D eigenvalue weighted by Gasteiger charge is -2.58. The van der Waals surface area contributed by atoms with Crippen LogP contribution in [0.4, 0.5) is 0 Å². The highest BCUT2D eigenvalue weighted by Gasteiger charge is 2.59. The average Bonchev–Trinajstić information content (AvgIpc) is 3.12. The zero-order valence-corrected chi connectivity index (χ0v) is 18.8. The summed E-state index contributed by atoms with van der Waals surface area (Å²) in [5.74, 6) is 0.127. The summed E-state index contributed by atoms with van der Waals surface area (Å²) in [5, 5.41) is 25.1. The number of aliphatic hydroxyl groups is 2. The van der Waals surface area contributed by atoms with Crippen LogP contribution in [0.1, 0.15) is 60.2 Å². The van der Waals surface area contributed by atoms with E-state index in [0.29, 0.717) is 19.4 Å². The summed E-state index contributed by atoms with van der Waals surface area (Å²) in [6.07, 6.45) is 2.15. The van der Waals surface area contributed by atoms with Gasteiger partial charge in [-0.15, -0.1) is 11.3 Å². The summed E-state index contributed by atoms with van der Waals surface area (Å²) in [4.78, 5) is 19.0. The Morgan fingerprint density at radius 1 is 1.30 bits per heavy atom. The summed E-state index contributed by atoms with van der Waals surface area (Å²) in [6, 6.07) is 9.93. The molecule has 30 heavy (non-hydrogen) atoms. The average molecular weight is 429 g/mol. The van der Waals surface area contributed by atoms with Gasteiger partial charge in [-0.05, 0) is 43.1 Å². The highest BCUT2D eigenvalue weighted by molar-refractivity contribution is 7.11. The van der Waals surface area contributed by atoms with Crippen LogP contribution in [0.15, 0.2) is 30.3 Å². The predicted molar refractivity (Wildman–Crippen MR) is 118 cm³/mol. The van der Waals surface area contributed by atoms with Crippen molar-refractivity contribution in [3.63, 3.8) is 0 Å². The quantitative estimate of drug-likeness (QED) is 0.680. The molecule has 2 aliphatic rings. The van der Waals surface area contributed by atoms with Crippen molar-refractivity contribution < 1.29 is 15.0 Å². The molecule has 1 aromatic carbocycles. The number of carbonyl (C=O) groups excluding carboxylic acids is 1. The first-order chi connectivity index (χ1) is 14.3. The van der Waals surface area contributed by atoms with Crippen molar-refractivity contribution >= 4 is 17.2 Å². The van der Waals surface area contributed by atoms with E-state index in [9.17, 15) is 15.0 Å². The standard InChI is InChI=1S/C24H32N2O3S/c1-15-26-22-17(11-21(29)25-13-16-7-5-4-6-8-16)23(2)10-9-20(28)24(3,14-27)19(23)12-18(22)30-15/h4-8,17,19-20,27-28H,9-14H2,1-3H3,(H,25,29)/t17-,19-,20-,23+,24+/m1/s1. The number of rotatable bonds is 5. The Morgan fingerprint density at radius 2 is 2.03 bits per heavy atom. The van der Waals surface area contributed by atoms with Crippen LogP contribution in [0, 0.1) is 23.7 Å². The second-order valence-corrected chi connectivity index (χ2v) is 10.8. The van der Waals surface area contributed by atoms with E-state index in [1.54, 1.807) is 11.3 Å². The maximum Gasteiger partial charge on any atom is 0.220 e. The minimum absolute atomic E-state index is 0.00894. The number of fused-ring (bicyclic) bond motifs is 2. The third-order valence-corrected chi connectivity index (χ3v) is 8.73. The summed E-state index contributed by atoms with van der Waals surface area (Å²) in [6.45, 7) is 6.73. The van der Waals surface area contributed by atoms with Crippen LogP contribution >= 0.6 is 11.3 Å². The largest absolute Gasteiger partial charge is 0.396 e. The Labute approximate surface area is 182 Å². The zero-order chi connectivity index (χ0) is 21.5. The Bertz CT molecular complexity index is 914. The number of carbonyl (C=O) groups is 1. The second kappa shape index (κ2) is 8.06. The summed E-state index contributed by atoms with van der Waals surface area (Å²) in [7, 11) is 0. The van der Waals surface area contributed by atoms with Crippen molar-refractivity contribution in [2.24, 2.45) is 16.7 Å². The van der Waals surface area contributed by atoms with Crippen LogP contribution in [-0.2, 0) is 17.8 Å². The van der Waals surface area contributed by atoms with Gasteiger partial charge in [0.05, 0.1) is 23.4 Å². The normalized spacial score (nSPS) is 32.9. The third-order valence-electron chi connectivity index (χ3n) is 7.72. The number of benzene rings is 1. The van der Waals surface area contributed by atoms with Gasteiger partial charge in [0.25, 0.3) is 0 Å². The number of nitrogens with one attached hydrogen (secondary N) is 1. The van der Waals surface area contributed by atoms with Crippen LogP contribution in [-0.4, -0.2) is 33.8 Å². The Kier molecular flexibility index (Phi) is 5.77. The topological polar surface area (TPSA) is 82.5 Å². The molecule has 1 amide bonds. The van der Waals surface area contributed by atoms with Gasteiger partial charge in [0.1, 0.15) is 0 Å². The van der Waals surface area contributed by atoms with Gasteiger partial charge < -0.3 is 15.5 Å². The van der Waals surface area contributed by atoms with Crippen molar-refractivity contribution in [3.8, 4) is 0 Å². The van der Waals surface area contributed by atoms with E-state index in [2.05, 4.69) is 12.2 Å². The number of hydrogen-bond donors (Lipinski definition) is 3. The van der Waals surface area contributed by atoms with Crippen LogP contribution < -0.4 is 5.32 Å². The first kappa shape index (κ1) is 21.5. The lowest BCUT2D eigenvalue weighted by molar-refractivity contribution is -0.144. The van der Waals surface area contributed by atoms with Gasteiger partial charge in [0.2, 0.25) is 5.91 Å². The Morgan fingerprint density at radius 3 is 2.73 bits per heavy atom. The number of aryl methyl sites for hydroxylation is 1. The fraction of sp³-hybridized carbons (Fsp3) is 0.583. The molecule has 1 saturated carbocycles. The molecule has 0 aliphatic heterocycles. The van der Waals surface area contributed by atoms with E-state index in [-0.39, 0.29) is 29.8 Å². The molecule has 6 heteroatoms. The molecule has 2 aliphatic carbocycles. The molecule has 4 rings (SSSR count). The maximum absolute atomic E-state index is 13.0. The van der Waals surface area contributed by atoms with Crippen molar-refractivity contribution in [1.82, 2.24) is 10.3 Å². The summed E-state index contributed by atoms with van der Waals surface area (Å²) < 4.78 is 0. The third kappa shape index (κ3) is 3.59. The number of amides is 1. The van der Waals surface area contributed by atoms with Crippen LogP contribution in [0.25, 0.3) is 0 Å². The Hall–Kier alpha value is -1.76.